The van der Waals surface area contributed by atoms with Gasteiger partial charge in [0.15, 0.2) is 0 Å². The van der Waals surface area contributed by atoms with Crippen molar-refractivity contribution >= 4 is 45.3 Å². The summed E-state index contributed by atoms with van der Waals surface area (Å²) in [4.78, 5) is 49.5. The highest BCUT2D eigenvalue weighted by atomic mass is 16.4. The van der Waals surface area contributed by atoms with Gasteiger partial charge in [-0.3, -0.25) is 29.5 Å². The highest BCUT2D eigenvalue weighted by Crippen LogP contribution is 2.32. The van der Waals surface area contributed by atoms with E-state index in [1.54, 1.807) is 30.9 Å². The minimum Gasteiger partial charge on any atom is -0.481 e. The first-order valence-electron chi connectivity index (χ1n) is 20.8. The molecule has 4 aromatic rings. The lowest BCUT2D eigenvalue weighted by Gasteiger charge is -2.29. The van der Waals surface area contributed by atoms with Crippen molar-refractivity contribution in [3.63, 3.8) is 0 Å². The normalized spacial score (nSPS) is 22.8. The van der Waals surface area contributed by atoms with Crippen LogP contribution in [0.5, 0.6) is 0 Å². The van der Waals surface area contributed by atoms with Crippen LogP contribution < -0.4 is 20.9 Å². The molecule has 59 heavy (non-hydrogen) atoms. The number of aliphatic carboxylic acids is 1. The summed E-state index contributed by atoms with van der Waals surface area (Å²) in [5.41, 5.74) is 12.0. The molecule has 0 bridgehead atoms. The number of hydrogen-bond donors (Lipinski definition) is 3. The molecule has 4 aliphatic rings. The molecule has 4 saturated heterocycles. The molecular formula is C44H58N12O3. The number of carboxylic acids is 1. The standard InChI is InChI=1S/C22H28N6O.C14H15N5.C8H15NO2/c1-15-13-28(19-4-3-17(12-23)21-22(19)25-8-7-24-21)14-18(15)26-20(29)11-16-5-9-27(2)10-6-16;1-9-7-19(8-11(9)16)12-3-2-10(6-15)13-14(12)18-5-4-17-13;1-9-4-2-7(3-5-9)6-8(10)11/h3-4,7-8,15-16,18H,5-6,9-11,13-14H2,1-2H3,(H,26,29);2-5,9,11H,7-8,16H2,1H3;7H,2-6H2,1H3,(H,10,11)/t15-,18+;9-,11+;/m11./s1. The molecule has 2 aromatic heterocycles. The molecule has 0 aliphatic carbocycles. The molecule has 4 fully saturated rings. The number of nitrogens with zero attached hydrogens (tertiary/aromatic N) is 10. The molecule has 0 spiro atoms. The Bertz CT molecular complexity index is 2140. The molecule has 15 nitrogen and oxygen atoms in total. The number of likely N-dealkylation sites (tertiary alicyclic amines) is 2. The van der Waals surface area contributed by atoms with Crippen molar-refractivity contribution in [1.29, 1.82) is 10.5 Å². The maximum atomic E-state index is 12.6. The molecule has 2 aromatic carbocycles. The fraction of sp³-hybridized carbons (Fsp3) is 0.545. The van der Waals surface area contributed by atoms with E-state index in [2.05, 4.69) is 84.9 Å². The molecule has 0 saturated carbocycles. The Morgan fingerprint density at radius 1 is 0.695 bits per heavy atom. The number of nitrogens with one attached hydrogen (secondary N) is 1. The van der Waals surface area contributed by atoms with E-state index in [1.165, 1.54) is 0 Å². The summed E-state index contributed by atoms with van der Waals surface area (Å²) < 4.78 is 0. The van der Waals surface area contributed by atoms with Crippen molar-refractivity contribution < 1.29 is 14.7 Å². The number of fused-ring (bicyclic) bond motifs is 2. The van der Waals surface area contributed by atoms with Crippen molar-refractivity contribution in [2.45, 2.75) is 64.5 Å². The maximum absolute atomic E-state index is 12.6. The zero-order chi connectivity index (χ0) is 42.1. The van der Waals surface area contributed by atoms with Gasteiger partial charge in [0.25, 0.3) is 0 Å². The van der Waals surface area contributed by atoms with Crippen molar-refractivity contribution in [1.82, 2.24) is 35.1 Å². The first kappa shape index (κ1) is 43.1. The zero-order valence-electron chi connectivity index (χ0n) is 34.8. The summed E-state index contributed by atoms with van der Waals surface area (Å²) in [5, 5.41) is 30.3. The Balaban J connectivity index is 0.000000166. The van der Waals surface area contributed by atoms with Gasteiger partial charge in [0.1, 0.15) is 34.2 Å². The van der Waals surface area contributed by atoms with Gasteiger partial charge in [-0.05, 0) is 114 Å². The van der Waals surface area contributed by atoms with E-state index in [1.807, 2.05) is 18.2 Å². The molecular weight excluding hydrogens is 745 g/mol. The topological polar surface area (TPSA) is 205 Å². The van der Waals surface area contributed by atoms with Gasteiger partial charge in [0.05, 0.1) is 28.5 Å². The Morgan fingerprint density at radius 3 is 1.58 bits per heavy atom. The third kappa shape index (κ3) is 11.0. The quantitative estimate of drug-likeness (QED) is 0.239. The van der Waals surface area contributed by atoms with Gasteiger partial charge >= 0.3 is 5.97 Å². The fourth-order valence-corrected chi connectivity index (χ4v) is 8.62. The summed E-state index contributed by atoms with van der Waals surface area (Å²) in [6.45, 7) is 11.9. The third-order valence-electron chi connectivity index (χ3n) is 12.4. The average molecular weight is 803 g/mol. The van der Waals surface area contributed by atoms with Crippen LogP contribution in [0.1, 0.15) is 63.5 Å². The summed E-state index contributed by atoms with van der Waals surface area (Å²) >= 11 is 0. The van der Waals surface area contributed by atoms with Crippen LogP contribution in [0.15, 0.2) is 49.1 Å². The molecule has 8 rings (SSSR count). The predicted octanol–water partition coefficient (Wildman–Crippen LogP) is 4.26. The minimum atomic E-state index is -0.653. The number of benzene rings is 2. The fourth-order valence-electron chi connectivity index (χ4n) is 8.62. The third-order valence-corrected chi connectivity index (χ3v) is 12.4. The Morgan fingerprint density at radius 2 is 1.14 bits per heavy atom. The van der Waals surface area contributed by atoms with E-state index in [4.69, 9.17) is 16.1 Å². The minimum absolute atomic E-state index is 0.121. The van der Waals surface area contributed by atoms with E-state index >= 15 is 0 Å². The highest BCUT2D eigenvalue weighted by Gasteiger charge is 2.33. The number of hydrogen-bond acceptors (Lipinski definition) is 13. The number of carboxylic acid groups (broad SMARTS) is 1. The van der Waals surface area contributed by atoms with Crippen LogP contribution in [0, 0.1) is 46.3 Å². The second-order valence-corrected chi connectivity index (χ2v) is 16.9. The molecule has 0 radical (unpaired) electrons. The maximum Gasteiger partial charge on any atom is 0.303 e. The molecule has 6 heterocycles. The Hall–Kier alpha value is -5.48. The lowest BCUT2D eigenvalue weighted by molar-refractivity contribution is -0.138. The van der Waals surface area contributed by atoms with Gasteiger partial charge in [-0.15, -0.1) is 0 Å². The number of piperidine rings is 2. The van der Waals surface area contributed by atoms with E-state index in [-0.39, 0.29) is 18.0 Å². The lowest BCUT2D eigenvalue weighted by atomic mass is 9.93. The highest BCUT2D eigenvalue weighted by molar-refractivity contribution is 5.93. The summed E-state index contributed by atoms with van der Waals surface area (Å²) in [6, 6.07) is 12.2. The first-order chi connectivity index (χ1) is 28.4. The molecule has 1 amide bonds. The van der Waals surface area contributed by atoms with E-state index in [0.717, 1.165) is 100 Å². The van der Waals surface area contributed by atoms with E-state index in [0.29, 0.717) is 58.7 Å². The number of anilines is 2. The van der Waals surface area contributed by atoms with Crippen molar-refractivity contribution in [2.75, 3.05) is 76.3 Å². The van der Waals surface area contributed by atoms with Crippen molar-refractivity contribution in [2.24, 2.45) is 29.4 Å². The van der Waals surface area contributed by atoms with Gasteiger partial charge in [-0.25, -0.2) is 0 Å². The molecule has 312 valence electrons. The van der Waals surface area contributed by atoms with Crippen molar-refractivity contribution in [3.05, 3.63) is 60.2 Å². The Labute approximate surface area is 347 Å². The van der Waals surface area contributed by atoms with Crippen LogP contribution in [0.25, 0.3) is 22.1 Å². The number of aromatic nitrogens is 4. The van der Waals surface area contributed by atoms with Crippen LogP contribution in [0.3, 0.4) is 0 Å². The second kappa shape index (κ2) is 20.0. The van der Waals surface area contributed by atoms with Gasteiger partial charge in [0, 0.05) is 69.8 Å². The second-order valence-electron chi connectivity index (χ2n) is 16.9. The summed E-state index contributed by atoms with van der Waals surface area (Å²) in [6.07, 6.45) is 11.8. The summed E-state index contributed by atoms with van der Waals surface area (Å²) in [7, 11) is 4.22. The number of nitriles is 2. The average Bonchev–Trinajstić information content (AvgIpc) is 3.77. The monoisotopic (exact) mass is 802 g/mol. The molecule has 0 unspecified atom stereocenters. The van der Waals surface area contributed by atoms with Gasteiger partial charge in [-0.2, -0.15) is 10.5 Å². The number of carbonyl (C=O) groups is 2. The summed E-state index contributed by atoms with van der Waals surface area (Å²) in [5.74, 6) is 1.24. The van der Waals surface area contributed by atoms with Crippen LogP contribution >= 0.6 is 0 Å². The van der Waals surface area contributed by atoms with Crippen LogP contribution in [-0.2, 0) is 9.59 Å². The Kier molecular flexibility index (Phi) is 14.6. The van der Waals surface area contributed by atoms with Gasteiger partial charge < -0.3 is 35.8 Å². The smallest absolute Gasteiger partial charge is 0.303 e. The molecule has 4 atom stereocenters. The first-order valence-corrected chi connectivity index (χ1v) is 20.8. The van der Waals surface area contributed by atoms with E-state index < -0.39 is 5.97 Å². The number of nitrogens with two attached hydrogens (primary N) is 1. The van der Waals surface area contributed by atoms with E-state index in [9.17, 15) is 14.9 Å². The predicted molar refractivity (Wildman–Crippen MR) is 228 cm³/mol. The number of rotatable bonds is 7. The van der Waals surface area contributed by atoms with Gasteiger partial charge in [-0.1, -0.05) is 13.8 Å². The van der Waals surface area contributed by atoms with Crippen LogP contribution in [0.2, 0.25) is 0 Å². The molecule has 4 N–H and O–H groups in total. The number of carbonyl (C=O) groups excluding carboxylic acids is 1. The molecule has 15 heteroatoms. The SMILES string of the molecule is CN1CCC(CC(=O)O)CC1.C[C@@H]1CN(c2ccc(C#N)c3nccnc23)C[C@@H]1N.C[C@@H]1CN(c2ccc(C#N)c3nccnc23)C[C@@H]1NC(=O)CC1CCN(C)CC1. The zero-order valence-corrected chi connectivity index (χ0v) is 34.8. The van der Waals surface area contributed by atoms with Crippen LogP contribution in [-0.4, -0.2) is 125 Å². The molecule has 4 aliphatic heterocycles. The largest absolute Gasteiger partial charge is 0.481 e. The van der Waals surface area contributed by atoms with Crippen LogP contribution in [0.4, 0.5) is 11.4 Å². The van der Waals surface area contributed by atoms with Crippen molar-refractivity contribution in [3.8, 4) is 12.1 Å². The van der Waals surface area contributed by atoms with Gasteiger partial charge in [0.2, 0.25) is 5.91 Å². The lowest BCUT2D eigenvalue weighted by Crippen LogP contribution is -2.41. The number of amides is 1.